The van der Waals surface area contributed by atoms with Crippen LogP contribution >= 0.6 is 0 Å². The molecule has 1 aliphatic carbocycles. The van der Waals surface area contributed by atoms with Crippen molar-refractivity contribution in [3.63, 3.8) is 0 Å². The zero-order valence-electron chi connectivity index (χ0n) is 23.6. The van der Waals surface area contributed by atoms with Gasteiger partial charge in [0.2, 0.25) is 5.67 Å². The van der Waals surface area contributed by atoms with Crippen molar-refractivity contribution in [3.05, 3.63) is 70.3 Å². The first-order chi connectivity index (χ1) is 19.0. The first-order valence-corrected chi connectivity index (χ1v) is 16.0. The Morgan fingerprint density at radius 3 is 2.27 bits per heavy atom. The number of carbonyl (C=O) groups is 1. The second kappa shape index (κ2) is 10.1. The van der Waals surface area contributed by atoms with E-state index in [9.17, 15) is 35.9 Å². The van der Waals surface area contributed by atoms with Crippen molar-refractivity contribution in [3.8, 4) is 0 Å². The van der Waals surface area contributed by atoms with Crippen LogP contribution in [0.5, 0.6) is 0 Å². The van der Waals surface area contributed by atoms with Gasteiger partial charge in [-0.05, 0) is 79.2 Å². The number of carbonyl (C=O) groups excluding carboxylic acids is 1. The summed E-state index contributed by atoms with van der Waals surface area (Å²) in [6, 6.07) is 12.0. The monoisotopic (exact) mass is 595 g/mol. The number of aryl methyl sites for hydroxylation is 1. The topological polar surface area (TPSA) is 74.7 Å². The Kier molecular flexibility index (Phi) is 7.37. The minimum atomic E-state index is -5.06. The van der Waals surface area contributed by atoms with Crippen LogP contribution in [0.1, 0.15) is 80.2 Å². The van der Waals surface area contributed by atoms with Crippen molar-refractivity contribution in [2.75, 3.05) is 18.1 Å². The third-order valence-corrected chi connectivity index (χ3v) is 11.3. The fraction of sp³-hybridized carbons (Fsp3) is 0.581. The molecule has 5 rings (SSSR count). The van der Waals surface area contributed by atoms with Crippen molar-refractivity contribution in [2.45, 2.75) is 94.1 Å². The van der Waals surface area contributed by atoms with E-state index in [1.165, 1.54) is 17.7 Å². The van der Waals surface area contributed by atoms with Crippen LogP contribution in [0.4, 0.5) is 17.6 Å². The highest BCUT2D eigenvalue weighted by Crippen LogP contribution is 2.51. The SMILES string of the molecule is CC(C)c1ccc(CC23CCN(C(=O)C4(O)CCS(=O)(=O)CC4)C2CCc2cc(C(C)(F)C(F)(F)F)ccc23)cc1. The van der Waals surface area contributed by atoms with Gasteiger partial charge in [-0.15, -0.1) is 0 Å². The van der Waals surface area contributed by atoms with E-state index in [1.54, 1.807) is 11.0 Å². The average molecular weight is 596 g/mol. The van der Waals surface area contributed by atoms with E-state index in [-0.39, 0.29) is 30.4 Å². The third kappa shape index (κ3) is 5.19. The molecule has 41 heavy (non-hydrogen) atoms. The highest BCUT2D eigenvalue weighted by Gasteiger charge is 2.57. The second-order valence-electron chi connectivity index (χ2n) is 12.6. The number of likely N-dealkylation sites (tertiary alicyclic amines) is 1. The molecule has 224 valence electrons. The summed E-state index contributed by atoms with van der Waals surface area (Å²) in [5, 5.41) is 11.3. The molecule has 0 saturated carbocycles. The summed E-state index contributed by atoms with van der Waals surface area (Å²) < 4.78 is 79.5. The summed E-state index contributed by atoms with van der Waals surface area (Å²) in [4.78, 5) is 15.5. The molecule has 2 saturated heterocycles. The van der Waals surface area contributed by atoms with Crippen LogP contribution < -0.4 is 0 Å². The molecule has 3 atom stereocenters. The molecule has 1 N–H and O–H groups in total. The summed E-state index contributed by atoms with van der Waals surface area (Å²) in [6.45, 7) is 5.06. The third-order valence-electron chi connectivity index (χ3n) is 9.69. The van der Waals surface area contributed by atoms with Crippen LogP contribution in [0.15, 0.2) is 42.5 Å². The van der Waals surface area contributed by atoms with E-state index in [4.69, 9.17) is 0 Å². The molecule has 0 aromatic heterocycles. The zero-order valence-corrected chi connectivity index (χ0v) is 24.4. The zero-order chi connectivity index (χ0) is 30.0. The second-order valence-corrected chi connectivity index (χ2v) is 14.9. The number of aliphatic hydroxyl groups is 1. The minimum absolute atomic E-state index is 0.159. The standard InChI is InChI=1S/C31H37F4NO4S/c1-20(2)22-6-4-21(5-7-22)19-29-12-15-36(27(37)30(38)13-16-41(39,40)17-14-30)26(29)11-8-23-18-24(9-10-25(23)29)28(3,32)31(33,34)35/h4-7,9-10,18,20,26,38H,8,11-17,19H2,1-3H3. The molecule has 5 nitrogen and oxygen atoms in total. The van der Waals surface area contributed by atoms with Gasteiger partial charge in [-0.1, -0.05) is 56.3 Å². The number of halogens is 4. The number of sulfone groups is 1. The van der Waals surface area contributed by atoms with Gasteiger partial charge in [-0.25, -0.2) is 12.8 Å². The van der Waals surface area contributed by atoms with Crippen LogP contribution in [0, 0.1) is 0 Å². The summed E-state index contributed by atoms with van der Waals surface area (Å²) in [6.07, 6.45) is -3.55. The van der Waals surface area contributed by atoms with Gasteiger partial charge in [0.05, 0.1) is 11.5 Å². The van der Waals surface area contributed by atoms with E-state index in [1.807, 2.05) is 12.1 Å². The van der Waals surface area contributed by atoms with Crippen LogP contribution in [-0.2, 0) is 38.6 Å². The molecule has 2 aromatic rings. The number of nitrogens with zero attached hydrogens (tertiary/aromatic N) is 1. The molecule has 2 aromatic carbocycles. The van der Waals surface area contributed by atoms with Crippen molar-refractivity contribution >= 4 is 15.7 Å². The lowest BCUT2D eigenvalue weighted by molar-refractivity contribution is -0.228. The van der Waals surface area contributed by atoms with E-state index < -0.39 is 44.2 Å². The van der Waals surface area contributed by atoms with E-state index in [0.29, 0.717) is 50.6 Å². The van der Waals surface area contributed by atoms with Crippen LogP contribution in [-0.4, -0.2) is 60.2 Å². The number of amides is 1. The predicted octanol–water partition coefficient (Wildman–Crippen LogP) is 5.52. The Labute approximate surface area is 238 Å². The number of hydrogen-bond acceptors (Lipinski definition) is 4. The Hall–Kier alpha value is -2.46. The highest BCUT2D eigenvalue weighted by atomic mass is 32.2. The predicted molar refractivity (Wildman–Crippen MR) is 148 cm³/mol. The first kappa shape index (κ1) is 30.0. The fourth-order valence-electron chi connectivity index (χ4n) is 7.01. The Morgan fingerprint density at radius 1 is 1.05 bits per heavy atom. The van der Waals surface area contributed by atoms with Crippen molar-refractivity contribution in [1.82, 2.24) is 4.90 Å². The molecule has 0 spiro atoms. The molecule has 10 heteroatoms. The Morgan fingerprint density at radius 2 is 1.68 bits per heavy atom. The van der Waals surface area contributed by atoms with Crippen LogP contribution in [0.2, 0.25) is 0 Å². The summed E-state index contributed by atoms with van der Waals surface area (Å²) in [5.41, 5.74) is -2.74. The van der Waals surface area contributed by atoms with Crippen LogP contribution in [0.3, 0.4) is 0 Å². The quantitative estimate of drug-likeness (QED) is 0.462. The van der Waals surface area contributed by atoms with Gasteiger partial charge >= 0.3 is 6.18 Å². The van der Waals surface area contributed by atoms with E-state index >= 15 is 0 Å². The van der Waals surface area contributed by atoms with E-state index in [2.05, 4.69) is 26.0 Å². The smallest absolute Gasteiger partial charge is 0.380 e. The van der Waals surface area contributed by atoms with E-state index in [0.717, 1.165) is 11.1 Å². The number of fused-ring (bicyclic) bond motifs is 3. The van der Waals surface area contributed by atoms with Gasteiger partial charge in [0.1, 0.15) is 5.60 Å². The van der Waals surface area contributed by atoms with Gasteiger partial charge in [0, 0.05) is 18.0 Å². The molecule has 3 unspecified atom stereocenters. The van der Waals surface area contributed by atoms with Crippen LogP contribution in [0.25, 0.3) is 0 Å². The highest BCUT2D eigenvalue weighted by molar-refractivity contribution is 7.91. The maximum absolute atomic E-state index is 14.9. The molecule has 1 amide bonds. The Balaban J connectivity index is 1.55. The summed E-state index contributed by atoms with van der Waals surface area (Å²) >= 11 is 0. The number of rotatable bonds is 5. The maximum atomic E-state index is 14.9. The van der Waals surface area contributed by atoms with Crippen molar-refractivity contribution < 1.29 is 35.9 Å². The van der Waals surface area contributed by atoms with Crippen molar-refractivity contribution in [2.24, 2.45) is 0 Å². The van der Waals surface area contributed by atoms with Gasteiger partial charge in [0.15, 0.2) is 9.84 Å². The molecular formula is C31H37F4NO4S. The number of benzene rings is 2. The van der Waals surface area contributed by atoms with Gasteiger partial charge in [-0.2, -0.15) is 13.2 Å². The van der Waals surface area contributed by atoms with Gasteiger partial charge in [0.25, 0.3) is 5.91 Å². The van der Waals surface area contributed by atoms with Gasteiger partial charge < -0.3 is 10.0 Å². The fourth-order valence-corrected chi connectivity index (χ4v) is 8.51. The molecule has 0 radical (unpaired) electrons. The lowest BCUT2D eigenvalue weighted by atomic mass is 9.63. The maximum Gasteiger partial charge on any atom is 0.426 e. The van der Waals surface area contributed by atoms with Crippen molar-refractivity contribution in [1.29, 1.82) is 0 Å². The van der Waals surface area contributed by atoms with Gasteiger partial charge in [-0.3, -0.25) is 4.79 Å². The minimum Gasteiger partial charge on any atom is -0.380 e. The molecule has 0 bridgehead atoms. The largest absolute Gasteiger partial charge is 0.426 e. The summed E-state index contributed by atoms with van der Waals surface area (Å²) in [5.74, 6) is -0.656. The average Bonchev–Trinajstić information content (AvgIpc) is 3.28. The normalized spacial score (nSPS) is 26.8. The first-order valence-electron chi connectivity index (χ1n) is 14.2. The summed E-state index contributed by atoms with van der Waals surface area (Å²) in [7, 11) is -3.30. The molecule has 2 fully saturated rings. The molecule has 2 aliphatic heterocycles. The molecular weight excluding hydrogens is 558 g/mol. The molecule has 2 heterocycles. The number of hydrogen-bond donors (Lipinski definition) is 1. The Bertz CT molecular complexity index is 1420. The lowest BCUT2D eigenvalue weighted by Crippen LogP contribution is -2.57. The lowest BCUT2D eigenvalue weighted by Gasteiger charge is -2.45. The number of alkyl halides is 4. The molecule has 3 aliphatic rings.